The number of ether oxygens (including phenoxy) is 2. The second-order valence-electron chi connectivity index (χ2n) is 8.40. The van der Waals surface area contributed by atoms with Crippen molar-refractivity contribution in [1.29, 1.82) is 5.26 Å². The lowest BCUT2D eigenvalue weighted by molar-refractivity contribution is -0.118. The predicted octanol–water partition coefficient (Wildman–Crippen LogP) is 2.47. The SMILES string of the molecule is CC1(C)CC(=O)C2=C(C1)N(c1ncn[nH]1)C(N)=C(C#N)[C@H]2c1ccc2c(c1)OCO2. The summed E-state index contributed by atoms with van der Waals surface area (Å²) in [5, 5.41) is 16.8. The first kappa shape index (κ1) is 18.2. The molecule has 30 heavy (non-hydrogen) atoms. The Morgan fingerprint density at radius 2 is 2.10 bits per heavy atom. The van der Waals surface area contributed by atoms with Crippen LogP contribution in [0.1, 0.15) is 38.2 Å². The number of H-pyrrole nitrogens is 1. The van der Waals surface area contributed by atoms with Crippen LogP contribution < -0.4 is 20.1 Å². The zero-order valence-corrected chi connectivity index (χ0v) is 16.6. The van der Waals surface area contributed by atoms with Crippen LogP contribution in [0.15, 0.2) is 47.2 Å². The number of nitrogens with one attached hydrogen (secondary N) is 1. The number of nitriles is 1. The summed E-state index contributed by atoms with van der Waals surface area (Å²) >= 11 is 0. The number of hydrogen-bond acceptors (Lipinski definition) is 8. The van der Waals surface area contributed by atoms with E-state index in [2.05, 4.69) is 21.3 Å². The molecule has 3 heterocycles. The van der Waals surface area contributed by atoms with Crippen molar-refractivity contribution in [1.82, 2.24) is 15.2 Å². The summed E-state index contributed by atoms with van der Waals surface area (Å²) in [6.45, 7) is 4.23. The molecule has 0 bridgehead atoms. The smallest absolute Gasteiger partial charge is 0.231 e. The van der Waals surface area contributed by atoms with E-state index in [1.54, 1.807) is 11.0 Å². The summed E-state index contributed by atoms with van der Waals surface area (Å²) in [6.07, 6.45) is 2.36. The molecule has 0 spiro atoms. The molecule has 5 rings (SSSR count). The maximum atomic E-state index is 13.4. The van der Waals surface area contributed by atoms with Gasteiger partial charge < -0.3 is 15.2 Å². The standard InChI is InChI=1S/C21H20N6O3/c1-21(2)6-13-18(14(28)7-21)17(11-3-4-15-16(5-11)30-10-29-15)12(8-22)19(23)27(13)20-24-9-25-26-20/h3-5,9,17H,6-7,10,23H2,1-2H3,(H,24,25,26)/t17-/m1/s1. The number of Topliss-reactive ketones (excluding diaryl/α,β-unsaturated/α-hetero) is 1. The van der Waals surface area contributed by atoms with Gasteiger partial charge in [-0.3, -0.25) is 9.69 Å². The monoisotopic (exact) mass is 404 g/mol. The van der Waals surface area contributed by atoms with E-state index in [9.17, 15) is 10.1 Å². The molecule has 2 aliphatic heterocycles. The number of carbonyl (C=O) groups is 1. The lowest BCUT2D eigenvalue weighted by atomic mass is 9.68. The van der Waals surface area contributed by atoms with Crippen molar-refractivity contribution >= 4 is 11.7 Å². The lowest BCUT2D eigenvalue weighted by Gasteiger charge is -2.42. The van der Waals surface area contributed by atoms with Crippen molar-refractivity contribution in [3.8, 4) is 17.6 Å². The minimum Gasteiger partial charge on any atom is -0.454 e. The van der Waals surface area contributed by atoms with Crippen molar-refractivity contribution in [2.45, 2.75) is 32.6 Å². The average Bonchev–Trinajstić information content (AvgIpc) is 3.37. The van der Waals surface area contributed by atoms with Crippen molar-refractivity contribution < 1.29 is 14.3 Å². The highest BCUT2D eigenvalue weighted by Crippen LogP contribution is 2.50. The number of anilines is 1. The quantitative estimate of drug-likeness (QED) is 0.781. The Bertz CT molecular complexity index is 1160. The fourth-order valence-electron chi connectivity index (χ4n) is 4.48. The topological polar surface area (TPSA) is 130 Å². The van der Waals surface area contributed by atoms with Gasteiger partial charge in [-0.2, -0.15) is 15.3 Å². The summed E-state index contributed by atoms with van der Waals surface area (Å²) in [5.74, 6) is 1.25. The number of ketones is 1. The van der Waals surface area contributed by atoms with Crippen LogP contribution >= 0.6 is 0 Å². The van der Waals surface area contributed by atoms with Gasteiger partial charge in [0.15, 0.2) is 17.3 Å². The third-order valence-corrected chi connectivity index (χ3v) is 5.73. The zero-order valence-electron chi connectivity index (χ0n) is 16.6. The highest BCUT2D eigenvalue weighted by atomic mass is 16.7. The van der Waals surface area contributed by atoms with Crippen molar-refractivity contribution in [3.05, 3.63) is 52.8 Å². The molecule has 9 nitrogen and oxygen atoms in total. The fraction of sp³-hybridized carbons (Fsp3) is 0.333. The molecular weight excluding hydrogens is 384 g/mol. The van der Waals surface area contributed by atoms with Gasteiger partial charge in [-0.15, -0.1) is 0 Å². The third kappa shape index (κ3) is 2.64. The van der Waals surface area contributed by atoms with Crippen molar-refractivity contribution in [3.63, 3.8) is 0 Å². The summed E-state index contributed by atoms with van der Waals surface area (Å²) in [5.41, 5.74) is 8.61. The number of aromatic nitrogens is 3. The van der Waals surface area contributed by atoms with Gasteiger partial charge in [0, 0.05) is 17.7 Å². The van der Waals surface area contributed by atoms with Gasteiger partial charge in [0.25, 0.3) is 0 Å². The number of fused-ring (bicyclic) bond motifs is 1. The second kappa shape index (κ2) is 6.35. The normalized spacial score (nSPS) is 22.2. The largest absolute Gasteiger partial charge is 0.454 e. The molecule has 0 saturated carbocycles. The fourth-order valence-corrected chi connectivity index (χ4v) is 4.48. The molecule has 1 atom stereocenters. The molecule has 0 fully saturated rings. The van der Waals surface area contributed by atoms with E-state index in [0.717, 1.165) is 11.3 Å². The second-order valence-corrected chi connectivity index (χ2v) is 8.40. The Labute approximate surface area is 172 Å². The van der Waals surface area contributed by atoms with E-state index in [4.69, 9.17) is 15.2 Å². The van der Waals surface area contributed by atoms with Crippen LogP contribution in [0.2, 0.25) is 0 Å². The van der Waals surface area contributed by atoms with E-state index in [0.29, 0.717) is 35.9 Å². The van der Waals surface area contributed by atoms with E-state index in [1.807, 2.05) is 26.0 Å². The number of hydrogen-bond donors (Lipinski definition) is 2. The third-order valence-electron chi connectivity index (χ3n) is 5.73. The van der Waals surface area contributed by atoms with Gasteiger partial charge in [-0.05, 0) is 29.5 Å². The molecule has 9 heteroatoms. The first-order chi connectivity index (χ1) is 14.4. The molecule has 1 aliphatic carbocycles. The van der Waals surface area contributed by atoms with Gasteiger partial charge in [0.2, 0.25) is 12.7 Å². The number of nitrogens with zero attached hydrogens (tertiary/aromatic N) is 4. The van der Waals surface area contributed by atoms with E-state index in [1.165, 1.54) is 6.33 Å². The van der Waals surface area contributed by atoms with Gasteiger partial charge >= 0.3 is 0 Å². The number of rotatable bonds is 2. The first-order valence-corrected chi connectivity index (χ1v) is 9.60. The Morgan fingerprint density at radius 3 is 2.83 bits per heavy atom. The van der Waals surface area contributed by atoms with Crippen LogP contribution in [0.5, 0.6) is 11.5 Å². The van der Waals surface area contributed by atoms with Crippen LogP contribution in [-0.2, 0) is 4.79 Å². The van der Waals surface area contributed by atoms with E-state index in [-0.39, 0.29) is 29.4 Å². The molecule has 2 aromatic rings. The molecule has 0 saturated heterocycles. The minimum absolute atomic E-state index is 0.00585. The first-order valence-electron chi connectivity index (χ1n) is 9.60. The predicted molar refractivity (Wildman–Crippen MR) is 106 cm³/mol. The molecule has 0 radical (unpaired) electrons. The molecule has 3 N–H and O–H groups in total. The van der Waals surface area contributed by atoms with Crippen LogP contribution in [0, 0.1) is 16.7 Å². The molecule has 0 unspecified atom stereocenters. The Kier molecular flexibility index (Phi) is 3.86. The number of benzene rings is 1. The molecule has 1 aromatic carbocycles. The summed E-state index contributed by atoms with van der Waals surface area (Å²) in [4.78, 5) is 19.3. The van der Waals surface area contributed by atoms with Gasteiger partial charge in [0.05, 0.1) is 17.6 Å². The molecule has 1 aromatic heterocycles. The van der Waals surface area contributed by atoms with Crippen LogP contribution in [-0.4, -0.2) is 27.8 Å². The Hall–Kier alpha value is -3.80. The highest BCUT2D eigenvalue weighted by Gasteiger charge is 2.45. The van der Waals surface area contributed by atoms with E-state index >= 15 is 0 Å². The summed E-state index contributed by atoms with van der Waals surface area (Å²) in [6, 6.07) is 7.69. The van der Waals surface area contributed by atoms with Gasteiger partial charge in [-0.1, -0.05) is 19.9 Å². The lowest BCUT2D eigenvalue weighted by Crippen LogP contribution is -2.42. The Balaban J connectivity index is 1.75. The molecular formula is C21H20N6O3. The van der Waals surface area contributed by atoms with Gasteiger partial charge in [0.1, 0.15) is 12.1 Å². The number of carbonyl (C=O) groups excluding carboxylic acids is 1. The Morgan fingerprint density at radius 1 is 1.30 bits per heavy atom. The van der Waals surface area contributed by atoms with Gasteiger partial charge in [-0.25, -0.2) is 5.10 Å². The molecule has 152 valence electrons. The van der Waals surface area contributed by atoms with Crippen LogP contribution in [0.4, 0.5) is 5.95 Å². The average molecular weight is 404 g/mol. The van der Waals surface area contributed by atoms with E-state index < -0.39 is 5.92 Å². The maximum Gasteiger partial charge on any atom is 0.231 e. The highest BCUT2D eigenvalue weighted by molar-refractivity contribution is 6.01. The maximum absolute atomic E-state index is 13.4. The van der Waals surface area contributed by atoms with Crippen LogP contribution in [0.25, 0.3) is 0 Å². The number of aromatic amines is 1. The molecule has 3 aliphatic rings. The minimum atomic E-state index is -0.581. The summed E-state index contributed by atoms with van der Waals surface area (Å²) in [7, 11) is 0. The number of allylic oxidation sites excluding steroid dienone is 3. The molecule has 0 amide bonds. The van der Waals surface area contributed by atoms with Crippen molar-refractivity contribution in [2.75, 3.05) is 11.7 Å². The summed E-state index contributed by atoms with van der Waals surface area (Å²) < 4.78 is 10.9. The zero-order chi connectivity index (χ0) is 21.0. The number of nitrogens with two attached hydrogens (primary N) is 1. The van der Waals surface area contributed by atoms with Crippen molar-refractivity contribution in [2.24, 2.45) is 11.1 Å². The van der Waals surface area contributed by atoms with Crippen LogP contribution in [0.3, 0.4) is 0 Å².